The highest BCUT2D eigenvalue weighted by Crippen LogP contribution is 2.06. The zero-order valence-corrected chi connectivity index (χ0v) is 11.7. The Hall–Kier alpha value is -0.613. The number of esters is 1. The van der Waals surface area contributed by atoms with Crippen LogP contribution in [-0.2, 0) is 14.3 Å². The topological polar surface area (TPSA) is 35.5 Å². The predicted octanol–water partition coefficient (Wildman–Crippen LogP) is 2.32. The molecule has 1 atom stereocenters. The van der Waals surface area contributed by atoms with Crippen LogP contribution in [0.1, 0.15) is 26.7 Å². The monoisotopic (exact) mass is 244 g/mol. The Kier molecular flexibility index (Phi) is 10.5. The number of hydrogen-bond acceptors (Lipinski definition) is 3. The summed E-state index contributed by atoms with van der Waals surface area (Å²) in [5.74, 6) is -0.321. The van der Waals surface area contributed by atoms with Gasteiger partial charge in [0.1, 0.15) is 0 Å². The maximum atomic E-state index is 10.8. The summed E-state index contributed by atoms with van der Waals surface area (Å²) in [6, 6.07) is 2.56. The molecule has 0 aromatic rings. The van der Waals surface area contributed by atoms with Crippen LogP contribution in [0.5, 0.6) is 0 Å². The second kappa shape index (κ2) is 10.9. The summed E-state index contributed by atoms with van der Waals surface area (Å²) in [5, 5.41) is 0. The van der Waals surface area contributed by atoms with Gasteiger partial charge in [-0.3, -0.25) is 0 Å². The Morgan fingerprint density at radius 3 is 2.69 bits per heavy atom. The van der Waals surface area contributed by atoms with E-state index in [1.165, 1.54) is 18.2 Å². The molecule has 0 heterocycles. The van der Waals surface area contributed by atoms with E-state index in [1.807, 2.05) is 6.92 Å². The van der Waals surface area contributed by atoms with Crippen LogP contribution < -0.4 is 0 Å². The van der Waals surface area contributed by atoms with Gasteiger partial charge in [0, 0.05) is 18.9 Å². The summed E-state index contributed by atoms with van der Waals surface area (Å²) >= 11 is 0. The molecular formula is C12H24O3Si. The lowest BCUT2D eigenvalue weighted by molar-refractivity contribution is -0.137. The Balaban J connectivity index is 3.40. The van der Waals surface area contributed by atoms with Crippen LogP contribution in [0.4, 0.5) is 0 Å². The zero-order chi connectivity index (χ0) is 12.2. The summed E-state index contributed by atoms with van der Waals surface area (Å²) in [4.78, 5) is 10.8. The van der Waals surface area contributed by atoms with Crippen LogP contribution in [0.15, 0.2) is 12.7 Å². The minimum atomic E-state index is -0.688. The lowest BCUT2D eigenvalue weighted by Gasteiger charge is -2.12. The van der Waals surface area contributed by atoms with Gasteiger partial charge >= 0.3 is 5.97 Å². The second-order valence-electron chi connectivity index (χ2n) is 3.80. The molecule has 0 saturated heterocycles. The Labute approximate surface area is 100 Å². The van der Waals surface area contributed by atoms with E-state index >= 15 is 0 Å². The summed E-state index contributed by atoms with van der Waals surface area (Å²) in [7, 11) is -0.688. The molecule has 0 aromatic heterocycles. The van der Waals surface area contributed by atoms with E-state index in [-0.39, 0.29) is 5.97 Å². The predicted molar refractivity (Wildman–Crippen MR) is 69.3 cm³/mol. The van der Waals surface area contributed by atoms with E-state index < -0.39 is 8.80 Å². The van der Waals surface area contributed by atoms with Crippen molar-refractivity contribution in [2.45, 2.75) is 38.8 Å². The van der Waals surface area contributed by atoms with Crippen LogP contribution in [0.2, 0.25) is 12.1 Å². The first-order valence-electron chi connectivity index (χ1n) is 6.11. The molecule has 0 aliphatic heterocycles. The first kappa shape index (κ1) is 15.4. The largest absolute Gasteiger partial charge is 0.463 e. The molecule has 0 spiro atoms. The van der Waals surface area contributed by atoms with Crippen LogP contribution in [-0.4, -0.2) is 34.2 Å². The van der Waals surface area contributed by atoms with Gasteiger partial charge in [-0.05, 0) is 13.3 Å². The maximum absolute atomic E-state index is 10.8. The lowest BCUT2D eigenvalue weighted by Crippen LogP contribution is -2.19. The summed E-state index contributed by atoms with van der Waals surface area (Å²) < 4.78 is 10.4. The third-order valence-electron chi connectivity index (χ3n) is 2.55. The lowest BCUT2D eigenvalue weighted by atomic mass is 10.4. The van der Waals surface area contributed by atoms with E-state index in [0.29, 0.717) is 6.61 Å². The number of hydrogen-bond donors (Lipinski definition) is 0. The van der Waals surface area contributed by atoms with Gasteiger partial charge in [-0.2, -0.15) is 0 Å². The fraction of sp³-hybridized carbons (Fsp3) is 0.750. The van der Waals surface area contributed by atoms with Crippen molar-refractivity contribution < 1.29 is 14.3 Å². The maximum Gasteiger partial charge on any atom is 0.330 e. The van der Waals surface area contributed by atoms with Crippen molar-refractivity contribution in [1.82, 2.24) is 0 Å². The Morgan fingerprint density at radius 2 is 2.12 bits per heavy atom. The van der Waals surface area contributed by atoms with Crippen LogP contribution >= 0.6 is 0 Å². The molecule has 0 rings (SSSR count). The molecule has 3 nitrogen and oxygen atoms in total. The molecule has 0 radical (unpaired) electrons. The molecule has 0 N–H and O–H groups in total. The normalized spacial score (nSPS) is 12.1. The fourth-order valence-corrected chi connectivity index (χ4v) is 3.70. The van der Waals surface area contributed by atoms with Gasteiger partial charge in [0.2, 0.25) is 0 Å². The smallest absolute Gasteiger partial charge is 0.330 e. The third-order valence-corrected chi connectivity index (χ3v) is 5.64. The second-order valence-corrected chi connectivity index (χ2v) is 7.26. The van der Waals surface area contributed by atoms with Gasteiger partial charge in [-0.1, -0.05) is 32.0 Å². The van der Waals surface area contributed by atoms with Gasteiger partial charge in [-0.25, -0.2) is 4.79 Å². The average molecular weight is 244 g/mol. The number of rotatable bonds is 10. The highest BCUT2D eigenvalue weighted by Gasteiger charge is 2.07. The van der Waals surface area contributed by atoms with Gasteiger partial charge in [0.15, 0.2) is 0 Å². The van der Waals surface area contributed by atoms with Gasteiger partial charge in [0.05, 0.1) is 15.4 Å². The molecule has 0 fully saturated rings. The molecule has 0 aromatic carbocycles. The first-order valence-corrected chi connectivity index (χ1v) is 8.56. The molecule has 0 aliphatic carbocycles. The standard InChI is InChI=1S/C12H24O3Si/c1-4-12(13)15-9-7-8-10-16(6-3)11-14-5-2/h4,16H,1,5-11H2,2-3H3. The van der Waals surface area contributed by atoms with Crippen LogP contribution in [0.25, 0.3) is 0 Å². The average Bonchev–Trinajstić information content (AvgIpc) is 2.32. The quantitative estimate of drug-likeness (QED) is 0.256. The molecule has 0 bridgehead atoms. The Bertz CT molecular complexity index is 195. The van der Waals surface area contributed by atoms with E-state index in [4.69, 9.17) is 9.47 Å². The third kappa shape index (κ3) is 8.68. The summed E-state index contributed by atoms with van der Waals surface area (Å²) in [6.45, 7) is 8.97. The number of unbranched alkanes of at least 4 members (excludes halogenated alkanes) is 1. The fourth-order valence-electron chi connectivity index (χ4n) is 1.46. The Morgan fingerprint density at radius 1 is 1.38 bits per heavy atom. The van der Waals surface area contributed by atoms with Gasteiger partial charge in [0.25, 0.3) is 0 Å². The van der Waals surface area contributed by atoms with Crippen molar-refractivity contribution in [3.8, 4) is 0 Å². The highest BCUT2D eigenvalue weighted by molar-refractivity contribution is 6.58. The SMILES string of the molecule is C=CC(=O)OCCCC[SiH](CC)COCC. The van der Waals surface area contributed by atoms with E-state index in [9.17, 15) is 4.79 Å². The van der Waals surface area contributed by atoms with Crippen LogP contribution in [0, 0.1) is 0 Å². The molecule has 0 saturated carbocycles. The molecule has 94 valence electrons. The number of carbonyl (C=O) groups excluding carboxylic acids is 1. The minimum Gasteiger partial charge on any atom is -0.463 e. The molecule has 1 unspecified atom stereocenters. The first-order chi connectivity index (χ1) is 7.74. The molecule has 4 heteroatoms. The van der Waals surface area contributed by atoms with Crippen LogP contribution in [0.3, 0.4) is 0 Å². The van der Waals surface area contributed by atoms with Gasteiger partial charge in [-0.15, -0.1) is 0 Å². The van der Waals surface area contributed by atoms with Crippen molar-refractivity contribution in [3.63, 3.8) is 0 Å². The van der Waals surface area contributed by atoms with Crippen molar-refractivity contribution >= 4 is 14.8 Å². The molecular weight excluding hydrogens is 220 g/mol. The zero-order valence-electron chi connectivity index (χ0n) is 10.5. The molecule has 0 amide bonds. The number of ether oxygens (including phenoxy) is 2. The van der Waals surface area contributed by atoms with Crippen molar-refractivity contribution in [1.29, 1.82) is 0 Å². The van der Waals surface area contributed by atoms with E-state index in [0.717, 1.165) is 25.7 Å². The van der Waals surface area contributed by atoms with Crippen molar-refractivity contribution in [2.75, 3.05) is 19.4 Å². The van der Waals surface area contributed by atoms with E-state index in [2.05, 4.69) is 13.5 Å². The highest BCUT2D eigenvalue weighted by atomic mass is 28.3. The number of carbonyl (C=O) groups is 1. The van der Waals surface area contributed by atoms with E-state index in [1.54, 1.807) is 0 Å². The molecule has 16 heavy (non-hydrogen) atoms. The summed E-state index contributed by atoms with van der Waals surface area (Å²) in [6.07, 6.45) is 4.29. The summed E-state index contributed by atoms with van der Waals surface area (Å²) in [5.41, 5.74) is 0. The van der Waals surface area contributed by atoms with Gasteiger partial charge < -0.3 is 9.47 Å². The van der Waals surface area contributed by atoms with Crippen molar-refractivity contribution in [2.24, 2.45) is 0 Å². The van der Waals surface area contributed by atoms with Crippen molar-refractivity contribution in [3.05, 3.63) is 12.7 Å². The minimum absolute atomic E-state index is 0.321. The molecule has 0 aliphatic rings.